The lowest BCUT2D eigenvalue weighted by Crippen LogP contribution is -2.09. The predicted molar refractivity (Wildman–Crippen MR) is 83.3 cm³/mol. The average molecular weight is 262 g/mol. The summed E-state index contributed by atoms with van der Waals surface area (Å²) >= 11 is 0. The maximum Gasteiger partial charge on any atom is 0.0522 e. The van der Waals surface area contributed by atoms with Gasteiger partial charge in [0.1, 0.15) is 0 Å². The molecule has 2 nitrogen and oxygen atoms in total. The lowest BCUT2D eigenvalue weighted by Gasteiger charge is -2.09. The Morgan fingerprint density at radius 2 is 1.00 bits per heavy atom. The summed E-state index contributed by atoms with van der Waals surface area (Å²) in [5, 5.41) is 0. The molecule has 0 aromatic carbocycles. The van der Waals surface area contributed by atoms with Crippen LogP contribution >= 0.6 is 0 Å². The summed E-state index contributed by atoms with van der Waals surface area (Å²) in [5.41, 5.74) is 0. The first kappa shape index (κ1) is 23.0. The van der Waals surface area contributed by atoms with Crippen molar-refractivity contribution >= 4 is 0 Å². The van der Waals surface area contributed by atoms with E-state index in [-0.39, 0.29) is 0 Å². The van der Waals surface area contributed by atoms with Crippen LogP contribution in [-0.2, 0) is 9.47 Å². The minimum absolute atomic E-state index is 0.375. The SMILES string of the molecule is CC(C)OC(C)C.CCCCCC.CCOCC. The van der Waals surface area contributed by atoms with Gasteiger partial charge in [-0.1, -0.05) is 39.5 Å². The van der Waals surface area contributed by atoms with Gasteiger partial charge in [0.25, 0.3) is 0 Å². The van der Waals surface area contributed by atoms with E-state index in [1.165, 1.54) is 25.7 Å². The molecule has 0 aromatic heterocycles. The van der Waals surface area contributed by atoms with Crippen molar-refractivity contribution in [1.82, 2.24) is 0 Å². The zero-order chi connectivity index (χ0) is 14.8. The van der Waals surface area contributed by atoms with Crippen LogP contribution in [-0.4, -0.2) is 25.4 Å². The highest BCUT2D eigenvalue weighted by molar-refractivity contribution is 4.40. The average Bonchev–Trinajstić information content (AvgIpc) is 2.27. The summed E-state index contributed by atoms with van der Waals surface area (Å²) in [6.07, 6.45) is 6.29. The van der Waals surface area contributed by atoms with Crippen molar-refractivity contribution in [3.63, 3.8) is 0 Å². The predicted octanol–water partition coefficient (Wildman–Crippen LogP) is 5.45. The Hall–Kier alpha value is -0.0800. The molecule has 0 atom stereocenters. The van der Waals surface area contributed by atoms with Crippen molar-refractivity contribution in [2.75, 3.05) is 13.2 Å². The highest BCUT2D eigenvalue weighted by Gasteiger charge is 1.94. The molecule has 0 saturated heterocycles. The summed E-state index contributed by atoms with van der Waals surface area (Å²) in [5.74, 6) is 0. The van der Waals surface area contributed by atoms with Crippen molar-refractivity contribution in [2.24, 2.45) is 0 Å². The Bertz CT molecular complexity index is 99.7. The van der Waals surface area contributed by atoms with E-state index in [2.05, 4.69) is 13.8 Å². The normalized spacial score (nSPS) is 9.67. The molecule has 0 amide bonds. The van der Waals surface area contributed by atoms with Crippen LogP contribution < -0.4 is 0 Å². The Balaban J connectivity index is -0.000000190. The van der Waals surface area contributed by atoms with Gasteiger partial charge in [-0.15, -0.1) is 0 Å². The van der Waals surface area contributed by atoms with Crippen LogP contribution in [0.1, 0.15) is 81.1 Å². The molecule has 0 saturated carbocycles. The van der Waals surface area contributed by atoms with Crippen molar-refractivity contribution in [3.8, 4) is 0 Å². The van der Waals surface area contributed by atoms with Crippen LogP contribution in [0.15, 0.2) is 0 Å². The largest absolute Gasteiger partial charge is 0.382 e. The van der Waals surface area contributed by atoms with Gasteiger partial charge >= 0.3 is 0 Å². The van der Waals surface area contributed by atoms with E-state index in [1.54, 1.807) is 0 Å². The lowest BCUT2D eigenvalue weighted by atomic mass is 10.2. The van der Waals surface area contributed by atoms with E-state index in [1.807, 2.05) is 41.5 Å². The second-order valence-corrected chi connectivity index (χ2v) is 4.72. The lowest BCUT2D eigenvalue weighted by molar-refractivity contribution is 0.0300. The molecule has 0 aliphatic heterocycles. The number of unbranched alkanes of at least 4 members (excludes halogenated alkanes) is 3. The van der Waals surface area contributed by atoms with Crippen molar-refractivity contribution in [3.05, 3.63) is 0 Å². The first-order chi connectivity index (χ1) is 8.45. The van der Waals surface area contributed by atoms with E-state index >= 15 is 0 Å². The molecule has 0 heterocycles. The first-order valence-electron chi connectivity index (χ1n) is 7.69. The van der Waals surface area contributed by atoms with Crippen LogP contribution in [0.5, 0.6) is 0 Å². The Morgan fingerprint density at radius 1 is 0.667 bits per heavy atom. The highest BCUT2D eigenvalue weighted by atomic mass is 16.5. The zero-order valence-electron chi connectivity index (χ0n) is 14.2. The van der Waals surface area contributed by atoms with Crippen LogP contribution in [0.25, 0.3) is 0 Å². The van der Waals surface area contributed by atoms with Crippen LogP contribution in [0, 0.1) is 0 Å². The molecule has 0 aromatic rings. The van der Waals surface area contributed by atoms with E-state index in [4.69, 9.17) is 9.47 Å². The fraction of sp³-hybridized carbons (Fsp3) is 1.00. The standard InChI is InChI=1S/C6H14O.C6H14.C4H10O/c1-5(2)7-6(3)4;1-3-5-6-4-2;1-3-5-4-2/h5-6H,1-4H3;3-6H2,1-2H3;3-4H2,1-2H3. The molecular weight excluding hydrogens is 224 g/mol. The molecule has 0 aliphatic rings. The Labute approximate surface area is 116 Å². The van der Waals surface area contributed by atoms with E-state index < -0.39 is 0 Å². The van der Waals surface area contributed by atoms with E-state index in [9.17, 15) is 0 Å². The third-order valence-corrected chi connectivity index (χ3v) is 1.91. The summed E-state index contributed by atoms with van der Waals surface area (Å²) in [6.45, 7) is 18.3. The van der Waals surface area contributed by atoms with Crippen LogP contribution in [0.4, 0.5) is 0 Å². The van der Waals surface area contributed by atoms with Crippen LogP contribution in [0.2, 0.25) is 0 Å². The molecule has 114 valence electrons. The number of hydrogen-bond acceptors (Lipinski definition) is 2. The summed E-state index contributed by atoms with van der Waals surface area (Å²) in [6, 6.07) is 0. The number of hydrogen-bond donors (Lipinski definition) is 0. The van der Waals surface area contributed by atoms with Crippen molar-refractivity contribution in [2.45, 2.75) is 93.3 Å². The Kier molecular flexibility index (Phi) is 28.3. The third-order valence-electron chi connectivity index (χ3n) is 1.91. The van der Waals surface area contributed by atoms with Gasteiger partial charge in [0.05, 0.1) is 12.2 Å². The van der Waals surface area contributed by atoms with Gasteiger partial charge in [0.15, 0.2) is 0 Å². The topological polar surface area (TPSA) is 18.5 Å². The van der Waals surface area contributed by atoms with Gasteiger partial charge < -0.3 is 9.47 Å². The maximum atomic E-state index is 5.25. The summed E-state index contributed by atoms with van der Waals surface area (Å²) in [4.78, 5) is 0. The van der Waals surface area contributed by atoms with Crippen molar-refractivity contribution < 1.29 is 9.47 Å². The maximum absolute atomic E-state index is 5.25. The number of ether oxygens (including phenoxy) is 2. The fourth-order valence-corrected chi connectivity index (χ4v) is 1.25. The molecule has 0 aliphatic carbocycles. The molecule has 0 spiro atoms. The fourth-order valence-electron chi connectivity index (χ4n) is 1.25. The second kappa shape index (κ2) is 22.1. The molecule has 2 heteroatoms. The molecule has 0 bridgehead atoms. The molecular formula is C16H38O2. The van der Waals surface area contributed by atoms with Crippen molar-refractivity contribution in [1.29, 1.82) is 0 Å². The molecule has 0 rings (SSSR count). The van der Waals surface area contributed by atoms with Gasteiger partial charge in [-0.2, -0.15) is 0 Å². The van der Waals surface area contributed by atoms with Crippen LogP contribution in [0.3, 0.4) is 0 Å². The second-order valence-electron chi connectivity index (χ2n) is 4.72. The van der Waals surface area contributed by atoms with Gasteiger partial charge in [-0.05, 0) is 41.5 Å². The number of rotatable bonds is 7. The third kappa shape index (κ3) is 44.5. The minimum atomic E-state index is 0.375. The molecule has 0 unspecified atom stereocenters. The molecule has 0 fully saturated rings. The first-order valence-corrected chi connectivity index (χ1v) is 7.69. The van der Waals surface area contributed by atoms with Gasteiger partial charge in [0, 0.05) is 13.2 Å². The quantitative estimate of drug-likeness (QED) is 0.568. The van der Waals surface area contributed by atoms with Gasteiger partial charge in [-0.25, -0.2) is 0 Å². The molecule has 0 radical (unpaired) electrons. The smallest absolute Gasteiger partial charge is 0.0522 e. The van der Waals surface area contributed by atoms with E-state index in [0.29, 0.717) is 12.2 Å². The summed E-state index contributed by atoms with van der Waals surface area (Å²) < 4.78 is 10.1. The summed E-state index contributed by atoms with van der Waals surface area (Å²) in [7, 11) is 0. The molecule has 0 N–H and O–H groups in total. The zero-order valence-corrected chi connectivity index (χ0v) is 14.2. The van der Waals surface area contributed by atoms with Gasteiger partial charge in [-0.3, -0.25) is 0 Å². The van der Waals surface area contributed by atoms with Gasteiger partial charge in [0.2, 0.25) is 0 Å². The molecule has 18 heavy (non-hydrogen) atoms. The Morgan fingerprint density at radius 3 is 1.06 bits per heavy atom. The highest BCUT2D eigenvalue weighted by Crippen LogP contribution is 1.95. The minimum Gasteiger partial charge on any atom is -0.382 e. The monoisotopic (exact) mass is 262 g/mol. The van der Waals surface area contributed by atoms with E-state index in [0.717, 1.165) is 13.2 Å².